The minimum atomic E-state index is -0.461. The molecule has 6 nitrogen and oxygen atoms in total. The molecule has 3 aromatic rings. The van der Waals surface area contributed by atoms with Crippen molar-refractivity contribution >= 4 is 0 Å². The zero-order valence-corrected chi connectivity index (χ0v) is 14.8. The minimum Gasteiger partial charge on any atom is -0.497 e. The van der Waals surface area contributed by atoms with Crippen LogP contribution in [0, 0.1) is 6.92 Å². The Labute approximate surface area is 147 Å². The molecule has 0 aliphatic heterocycles. The summed E-state index contributed by atoms with van der Waals surface area (Å²) in [6, 6.07) is 11.6. The highest BCUT2D eigenvalue weighted by Crippen LogP contribution is 2.21. The van der Waals surface area contributed by atoms with E-state index in [2.05, 4.69) is 10.1 Å². The number of hydrogen-bond acceptors (Lipinski definition) is 5. The predicted molar refractivity (Wildman–Crippen MR) is 94.6 cm³/mol. The third-order valence-corrected chi connectivity index (χ3v) is 4.06. The smallest absolute Gasteiger partial charge is 0.217 e. The summed E-state index contributed by atoms with van der Waals surface area (Å²) in [5.41, 5.74) is 1.07. The Balaban J connectivity index is 1.93. The van der Waals surface area contributed by atoms with Crippen LogP contribution in [0.1, 0.15) is 30.5 Å². The van der Waals surface area contributed by atoms with Crippen LogP contribution in [0.15, 0.2) is 40.8 Å². The Hall–Kier alpha value is -2.60. The second kappa shape index (κ2) is 7.53. The van der Waals surface area contributed by atoms with E-state index in [0.29, 0.717) is 31.0 Å². The van der Waals surface area contributed by atoms with Gasteiger partial charge in [-0.15, -0.1) is 5.10 Å². The Bertz CT molecular complexity index is 838. The molecule has 0 spiro atoms. The molecule has 2 heterocycles. The third-order valence-electron chi connectivity index (χ3n) is 4.06. The number of methoxy groups -OCH3 is 1. The number of nitrogens with zero attached hydrogens (tertiary/aromatic N) is 3. The van der Waals surface area contributed by atoms with Gasteiger partial charge >= 0.3 is 0 Å². The van der Waals surface area contributed by atoms with E-state index >= 15 is 0 Å². The number of aryl methyl sites for hydroxylation is 1. The number of aromatic nitrogens is 3. The maximum Gasteiger partial charge on any atom is 0.217 e. The highest BCUT2D eigenvalue weighted by molar-refractivity contribution is 5.46. The van der Waals surface area contributed by atoms with Crippen molar-refractivity contribution in [2.24, 2.45) is 0 Å². The molecule has 0 saturated heterocycles. The average molecular weight is 341 g/mol. The Morgan fingerprint density at radius 3 is 2.80 bits per heavy atom. The van der Waals surface area contributed by atoms with Crippen LogP contribution in [0.3, 0.4) is 0 Å². The lowest BCUT2D eigenvalue weighted by Gasteiger charge is -2.10. The fraction of sp³-hybridized carbons (Fsp3) is 0.368. The van der Waals surface area contributed by atoms with Crippen LogP contribution >= 0.6 is 0 Å². The summed E-state index contributed by atoms with van der Waals surface area (Å²) in [5, 5.41) is 14.6. The van der Waals surface area contributed by atoms with E-state index in [4.69, 9.17) is 9.15 Å². The Morgan fingerprint density at radius 2 is 2.12 bits per heavy atom. The molecule has 0 unspecified atom stereocenters. The van der Waals surface area contributed by atoms with Crippen molar-refractivity contribution in [1.29, 1.82) is 0 Å². The predicted octanol–water partition coefficient (Wildman–Crippen LogP) is 3.22. The molecule has 1 aromatic carbocycles. The van der Waals surface area contributed by atoms with Gasteiger partial charge in [0.05, 0.1) is 19.8 Å². The number of benzene rings is 1. The molecule has 1 N–H and O–H groups in total. The first kappa shape index (κ1) is 17.2. The maximum absolute atomic E-state index is 10.0. The number of ether oxygens (including phenoxy) is 1. The summed E-state index contributed by atoms with van der Waals surface area (Å²) in [6.45, 7) is 4.24. The van der Waals surface area contributed by atoms with E-state index in [9.17, 15) is 5.11 Å². The summed E-state index contributed by atoms with van der Waals surface area (Å²) >= 11 is 0. The number of aliphatic hydroxyl groups is 1. The van der Waals surface area contributed by atoms with Gasteiger partial charge in [0.25, 0.3) is 0 Å². The monoisotopic (exact) mass is 341 g/mol. The van der Waals surface area contributed by atoms with E-state index < -0.39 is 6.10 Å². The van der Waals surface area contributed by atoms with Crippen molar-refractivity contribution in [3.8, 4) is 17.3 Å². The summed E-state index contributed by atoms with van der Waals surface area (Å²) < 4.78 is 12.7. The van der Waals surface area contributed by atoms with Crippen LogP contribution in [-0.4, -0.2) is 33.1 Å². The highest BCUT2D eigenvalue weighted by atomic mass is 16.5. The molecule has 2 aromatic heterocycles. The topological polar surface area (TPSA) is 73.3 Å². The third kappa shape index (κ3) is 4.09. The lowest BCUT2D eigenvalue weighted by atomic mass is 10.1. The quantitative estimate of drug-likeness (QED) is 0.714. The van der Waals surface area contributed by atoms with Gasteiger partial charge < -0.3 is 14.3 Å². The number of furan rings is 1. The SMILES string of the molecule is CC[C@H](O)Cn1nc(-c2ccc(C)o2)nc1Cc1cccc(OC)c1. The van der Waals surface area contributed by atoms with Crippen molar-refractivity contribution in [2.75, 3.05) is 7.11 Å². The standard InChI is InChI=1S/C19H23N3O3/c1-4-15(23)12-22-18(11-14-6-5-7-16(10-14)24-3)20-19(21-22)17-9-8-13(2)25-17/h5-10,15,23H,4,11-12H2,1-3H3/t15-/m0/s1. The molecule has 25 heavy (non-hydrogen) atoms. The molecule has 0 bridgehead atoms. The van der Waals surface area contributed by atoms with E-state index in [1.165, 1.54) is 0 Å². The molecule has 0 aliphatic carbocycles. The lowest BCUT2D eigenvalue weighted by molar-refractivity contribution is 0.144. The van der Waals surface area contributed by atoms with Gasteiger partial charge in [-0.05, 0) is 43.2 Å². The van der Waals surface area contributed by atoms with Gasteiger partial charge in [-0.25, -0.2) is 9.67 Å². The fourth-order valence-electron chi connectivity index (χ4n) is 2.60. The molecule has 1 atom stereocenters. The second-order valence-corrected chi connectivity index (χ2v) is 6.03. The van der Waals surface area contributed by atoms with E-state index in [1.807, 2.05) is 50.2 Å². The number of rotatable bonds is 7. The molecule has 132 valence electrons. The fourth-order valence-corrected chi connectivity index (χ4v) is 2.60. The first-order valence-electron chi connectivity index (χ1n) is 8.40. The van der Waals surface area contributed by atoms with E-state index in [0.717, 1.165) is 22.9 Å². The van der Waals surface area contributed by atoms with Crippen LogP contribution < -0.4 is 4.74 Å². The van der Waals surface area contributed by atoms with Gasteiger partial charge in [0.1, 0.15) is 17.3 Å². The van der Waals surface area contributed by atoms with Crippen LogP contribution in [0.4, 0.5) is 0 Å². The zero-order valence-electron chi connectivity index (χ0n) is 14.8. The Morgan fingerprint density at radius 1 is 1.28 bits per heavy atom. The van der Waals surface area contributed by atoms with Gasteiger partial charge in [0.15, 0.2) is 5.76 Å². The van der Waals surface area contributed by atoms with Crippen LogP contribution in [-0.2, 0) is 13.0 Å². The van der Waals surface area contributed by atoms with Crippen LogP contribution in [0.25, 0.3) is 11.6 Å². The molecule has 6 heteroatoms. The number of aliphatic hydroxyl groups excluding tert-OH is 1. The van der Waals surface area contributed by atoms with Crippen LogP contribution in [0.5, 0.6) is 5.75 Å². The van der Waals surface area contributed by atoms with Gasteiger partial charge in [-0.2, -0.15) is 0 Å². The minimum absolute atomic E-state index is 0.405. The first-order valence-corrected chi connectivity index (χ1v) is 8.40. The molecule has 0 fully saturated rings. The molecule has 0 amide bonds. The van der Waals surface area contributed by atoms with Crippen molar-refractivity contribution in [3.63, 3.8) is 0 Å². The van der Waals surface area contributed by atoms with Crippen molar-refractivity contribution in [2.45, 2.75) is 39.3 Å². The second-order valence-electron chi connectivity index (χ2n) is 6.03. The molecular formula is C19H23N3O3. The summed E-state index contributed by atoms with van der Waals surface area (Å²) in [6.07, 6.45) is 0.797. The Kier molecular flexibility index (Phi) is 5.19. The highest BCUT2D eigenvalue weighted by Gasteiger charge is 2.16. The van der Waals surface area contributed by atoms with Crippen molar-refractivity contribution in [3.05, 3.63) is 53.5 Å². The zero-order chi connectivity index (χ0) is 17.8. The molecule has 0 radical (unpaired) electrons. The maximum atomic E-state index is 10.0. The average Bonchev–Trinajstić information content (AvgIpc) is 3.21. The molecule has 3 rings (SSSR count). The molecule has 0 saturated carbocycles. The van der Waals surface area contributed by atoms with Gasteiger partial charge in [0.2, 0.25) is 5.82 Å². The van der Waals surface area contributed by atoms with E-state index in [-0.39, 0.29) is 0 Å². The van der Waals surface area contributed by atoms with Gasteiger partial charge in [0, 0.05) is 6.42 Å². The van der Waals surface area contributed by atoms with Crippen molar-refractivity contribution < 1.29 is 14.3 Å². The molecular weight excluding hydrogens is 318 g/mol. The summed E-state index contributed by atoms with van der Waals surface area (Å²) in [5.74, 6) is 3.57. The van der Waals surface area contributed by atoms with E-state index in [1.54, 1.807) is 11.8 Å². The summed E-state index contributed by atoms with van der Waals surface area (Å²) in [4.78, 5) is 4.64. The largest absolute Gasteiger partial charge is 0.497 e. The van der Waals surface area contributed by atoms with Gasteiger partial charge in [-0.3, -0.25) is 0 Å². The van der Waals surface area contributed by atoms with Crippen LogP contribution in [0.2, 0.25) is 0 Å². The summed E-state index contributed by atoms with van der Waals surface area (Å²) in [7, 11) is 1.65. The van der Waals surface area contributed by atoms with Gasteiger partial charge in [-0.1, -0.05) is 19.1 Å². The normalized spacial score (nSPS) is 12.3. The lowest BCUT2D eigenvalue weighted by Crippen LogP contribution is -2.18. The first-order chi connectivity index (χ1) is 12.1. The number of hydrogen-bond donors (Lipinski definition) is 1. The molecule has 0 aliphatic rings. The van der Waals surface area contributed by atoms with Crippen molar-refractivity contribution in [1.82, 2.24) is 14.8 Å².